The molecule has 3 N–H and O–H groups in total. The van der Waals surface area contributed by atoms with E-state index in [1.54, 1.807) is 36.1 Å². The monoisotopic (exact) mass is 421 g/mol. The molecule has 4 heterocycles. The second kappa shape index (κ2) is 7.35. The topological polar surface area (TPSA) is 90.3 Å². The first-order valence-electron chi connectivity index (χ1n) is 10.3. The number of hydrogen-bond acceptors (Lipinski definition) is 5. The number of carbonyl (C=O) groups excluding carboxylic acids is 1. The van der Waals surface area contributed by atoms with Gasteiger partial charge < -0.3 is 24.9 Å². The molecule has 0 spiro atoms. The number of anilines is 2. The second-order valence-corrected chi connectivity index (χ2v) is 8.28. The summed E-state index contributed by atoms with van der Waals surface area (Å²) in [6.45, 7) is 7.85. The molecule has 1 aliphatic rings. The molecule has 2 atom stereocenters. The van der Waals surface area contributed by atoms with E-state index in [-0.39, 0.29) is 11.6 Å². The predicted octanol–water partition coefficient (Wildman–Crippen LogP) is 3.10. The normalized spacial score (nSPS) is 19.3. The van der Waals surface area contributed by atoms with Gasteiger partial charge in [-0.15, -0.1) is 0 Å². The van der Waals surface area contributed by atoms with Gasteiger partial charge in [0.2, 0.25) is 0 Å². The molecule has 0 saturated carbocycles. The Kier molecular flexibility index (Phi) is 4.62. The quantitative estimate of drug-likeness (QED) is 0.473. The van der Waals surface area contributed by atoms with Crippen LogP contribution in [-0.2, 0) is 0 Å². The van der Waals surface area contributed by atoms with Crippen LogP contribution in [0.5, 0.6) is 0 Å². The molecule has 1 aromatic carbocycles. The molecule has 1 amide bonds. The minimum atomic E-state index is -0.492. The number of piperazine rings is 1. The van der Waals surface area contributed by atoms with Gasteiger partial charge in [-0.2, -0.15) is 0 Å². The average molecular weight is 421 g/mol. The van der Waals surface area contributed by atoms with Gasteiger partial charge in [-0.25, -0.2) is 14.4 Å². The second-order valence-electron chi connectivity index (χ2n) is 8.28. The maximum absolute atomic E-state index is 14.4. The Morgan fingerprint density at radius 1 is 1.23 bits per heavy atom. The number of hydrogen-bond donors (Lipinski definition) is 3. The van der Waals surface area contributed by atoms with Crippen molar-refractivity contribution in [2.24, 2.45) is 0 Å². The van der Waals surface area contributed by atoms with Crippen molar-refractivity contribution in [1.82, 2.24) is 24.7 Å². The molecule has 9 heteroatoms. The maximum Gasteiger partial charge on any atom is 0.257 e. The van der Waals surface area contributed by atoms with Crippen molar-refractivity contribution in [3.63, 3.8) is 0 Å². The Morgan fingerprint density at radius 2 is 2.00 bits per heavy atom. The summed E-state index contributed by atoms with van der Waals surface area (Å²) in [5, 5.41) is 6.32. The number of fused-ring (bicyclic) bond motifs is 2. The first-order chi connectivity index (χ1) is 14.9. The zero-order valence-corrected chi connectivity index (χ0v) is 17.6. The zero-order chi connectivity index (χ0) is 21.7. The molecule has 160 valence electrons. The van der Waals surface area contributed by atoms with Crippen LogP contribution in [0.25, 0.3) is 16.7 Å². The van der Waals surface area contributed by atoms with Gasteiger partial charge in [0, 0.05) is 43.6 Å². The number of H-pyrrole nitrogens is 1. The van der Waals surface area contributed by atoms with E-state index in [0.717, 1.165) is 24.3 Å². The molecule has 0 bridgehead atoms. The molecule has 0 radical (unpaired) electrons. The average Bonchev–Trinajstić information content (AvgIpc) is 3.33. The van der Waals surface area contributed by atoms with Gasteiger partial charge in [0.1, 0.15) is 5.52 Å². The molecule has 1 saturated heterocycles. The maximum atomic E-state index is 14.4. The van der Waals surface area contributed by atoms with E-state index in [0.29, 0.717) is 34.5 Å². The number of carbonyl (C=O) groups is 1. The molecular formula is C22H24FN7O. The van der Waals surface area contributed by atoms with Crippen molar-refractivity contribution in [1.29, 1.82) is 0 Å². The Balaban J connectivity index is 1.47. The molecule has 0 aliphatic carbocycles. The number of pyridine rings is 1. The fraction of sp³-hybridized carbons (Fsp3) is 0.318. The van der Waals surface area contributed by atoms with Crippen molar-refractivity contribution in [3.05, 3.63) is 54.0 Å². The highest BCUT2D eigenvalue weighted by Crippen LogP contribution is 2.29. The fourth-order valence-electron chi connectivity index (χ4n) is 4.43. The molecule has 4 aromatic rings. The lowest BCUT2D eigenvalue weighted by molar-refractivity contribution is 0.102. The summed E-state index contributed by atoms with van der Waals surface area (Å²) < 4.78 is 15.9. The van der Waals surface area contributed by atoms with Crippen LogP contribution in [-0.4, -0.2) is 50.4 Å². The lowest BCUT2D eigenvalue weighted by atomic mass is 10.1. The van der Waals surface area contributed by atoms with Crippen molar-refractivity contribution < 1.29 is 9.18 Å². The third-order valence-corrected chi connectivity index (χ3v) is 5.59. The zero-order valence-electron chi connectivity index (χ0n) is 17.6. The number of aryl methyl sites for hydroxylation is 1. The van der Waals surface area contributed by atoms with Crippen LogP contribution in [0, 0.1) is 12.7 Å². The van der Waals surface area contributed by atoms with Crippen LogP contribution in [0.4, 0.5) is 15.8 Å². The van der Waals surface area contributed by atoms with Crippen LogP contribution in [0.3, 0.4) is 0 Å². The Morgan fingerprint density at radius 3 is 2.77 bits per heavy atom. The summed E-state index contributed by atoms with van der Waals surface area (Å²) in [7, 11) is 0. The van der Waals surface area contributed by atoms with E-state index in [9.17, 15) is 9.18 Å². The third-order valence-electron chi connectivity index (χ3n) is 5.59. The number of imidazole rings is 2. The molecule has 3 aromatic heterocycles. The highest BCUT2D eigenvalue weighted by molar-refractivity contribution is 6.13. The van der Waals surface area contributed by atoms with Gasteiger partial charge in [-0.05, 0) is 32.9 Å². The molecule has 5 rings (SSSR count). The summed E-state index contributed by atoms with van der Waals surface area (Å²) in [4.78, 5) is 27.1. The summed E-state index contributed by atoms with van der Waals surface area (Å²) in [5.74, 6) is -0.839. The van der Waals surface area contributed by atoms with Crippen LogP contribution < -0.4 is 15.5 Å². The van der Waals surface area contributed by atoms with E-state index in [4.69, 9.17) is 0 Å². The van der Waals surface area contributed by atoms with E-state index < -0.39 is 5.82 Å². The van der Waals surface area contributed by atoms with E-state index in [1.165, 1.54) is 6.07 Å². The van der Waals surface area contributed by atoms with Gasteiger partial charge in [0.15, 0.2) is 11.5 Å². The summed E-state index contributed by atoms with van der Waals surface area (Å²) in [6.07, 6.45) is 4.96. The lowest BCUT2D eigenvalue weighted by Gasteiger charge is -2.37. The van der Waals surface area contributed by atoms with Gasteiger partial charge in [0.05, 0.1) is 34.5 Å². The summed E-state index contributed by atoms with van der Waals surface area (Å²) in [6, 6.07) is 5.73. The van der Waals surface area contributed by atoms with Gasteiger partial charge in [-0.3, -0.25) is 4.79 Å². The molecule has 0 unspecified atom stereocenters. The van der Waals surface area contributed by atoms with E-state index in [1.807, 2.05) is 6.07 Å². The number of benzene rings is 1. The van der Waals surface area contributed by atoms with Crippen LogP contribution >= 0.6 is 0 Å². The first kappa shape index (κ1) is 19.5. The summed E-state index contributed by atoms with van der Waals surface area (Å²) >= 11 is 0. The number of aromatic amines is 1. The standard InChI is InChI=1S/C22H24FN7O/c1-12-7-29(8-13(2)26-12)18-5-4-16(19-20(18)25-11-24-19)22(31)28-15-6-17(23)21-27-14(3)9-30(21)10-15/h4-6,9-13,26H,7-8H2,1-3H3,(H,24,25)(H,28,31)/t12-,13+. The van der Waals surface area contributed by atoms with Gasteiger partial charge >= 0.3 is 0 Å². The van der Waals surface area contributed by atoms with Crippen LogP contribution in [0.2, 0.25) is 0 Å². The van der Waals surface area contributed by atoms with Gasteiger partial charge in [-0.1, -0.05) is 0 Å². The van der Waals surface area contributed by atoms with Crippen LogP contribution in [0.15, 0.2) is 36.9 Å². The third kappa shape index (κ3) is 3.50. The predicted molar refractivity (Wildman–Crippen MR) is 118 cm³/mol. The van der Waals surface area contributed by atoms with Crippen molar-refractivity contribution >= 4 is 34.0 Å². The first-order valence-corrected chi connectivity index (χ1v) is 10.3. The fourth-order valence-corrected chi connectivity index (χ4v) is 4.43. The number of halogens is 1. The highest BCUT2D eigenvalue weighted by Gasteiger charge is 2.24. The number of nitrogens with one attached hydrogen (secondary N) is 3. The minimum Gasteiger partial charge on any atom is -0.367 e. The molecule has 1 aliphatic heterocycles. The van der Waals surface area contributed by atoms with Crippen LogP contribution in [0.1, 0.15) is 29.9 Å². The number of nitrogens with zero attached hydrogens (tertiary/aromatic N) is 4. The summed E-state index contributed by atoms with van der Waals surface area (Å²) in [5.41, 5.74) is 4.14. The molecule has 1 fully saturated rings. The number of amides is 1. The molecule has 31 heavy (non-hydrogen) atoms. The minimum absolute atomic E-state index is 0.231. The largest absolute Gasteiger partial charge is 0.367 e. The SMILES string of the molecule is Cc1cn2cc(NC(=O)c3ccc(N4C[C@@H](C)N[C@@H](C)C4)c4[nH]cnc34)cc(F)c2n1. The van der Waals surface area contributed by atoms with Gasteiger partial charge in [0.25, 0.3) is 5.91 Å². The Bertz CT molecular complexity index is 1280. The van der Waals surface area contributed by atoms with Crippen molar-refractivity contribution in [2.75, 3.05) is 23.3 Å². The van der Waals surface area contributed by atoms with E-state index in [2.05, 4.69) is 44.3 Å². The van der Waals surface area contributed by atoms with E-state index >= 15 is 0 Å². The van der Waals surface area contributed by atoms with Crippen molar-refractivity contribution in [3.8, 4) is 0 Å². The number of rotatable bonds is 3. The van der Waals surface area contributed by atoms with Crippen molar-refractivity contribution in [2.45, 2.75) is 32.9 Å². The lowest BCUT2D eigenvalue weighted by Crippen LogP contribution is -2.54. The Hall–Kier alpha value is -3.46. The highest BCUT2D eigenvalue weighted by atomic mass is 19.1. The Labute approximate surface area is 178 Å². The molecular weight excluding hydrogens is 397 g/mol. The number of aromatic nitrogens is 4. The molecule has 8 nitrogen and oxygen atoms in total. The smallest absolute Gasteiger partial charge is 0.257 e.